The number of nitro benzene ring substituents is 1. The van der Waals surface area contributed by atoms with Crippen molar-refractivity contribution in [3.05, 3.63) is 70.1 Å². The minimum Gasteiger partial charge on any atom is -0.494 e. The fourth-order valence-corrected chi connectivity index (χ4v) is 2.59. The van der Waals surface area contributed by atoms with Gasteiger partial charge in [-0.3, -0.25) is 10.1 Å². The zero-order valence-electron chi connectivity index (χ0n) is 15.2. The van der Waals surface area contributed by atoms with Gasteiger partial charge in [-0.05, 0) is 36.3 Å². The Kier molecular flexibility index (Phi) is 6.39. The number of unbranched alkanes of at least 4 members (excludes halogenated alkanes) is 1. The molecule has 3 rings (SSSR count). The number of rotatable bonds is 8. The fourth-order valence-electron chi connectivity index (χ4n) is 2.39. The van der Waals surface area contributed by atoms with Gasteiger partial charge in [-0.15, -0.1) is 10.2 Å². The van der Waals surface area contributed by atoms with E-state index in [1.807, 2.05) is 24.3 Å². The molecular weight excluding hydrogens is 382 g/mol. The molecule has 7 nitrogen and oxygen atoms in total. The van der Waals surface area contributed by atoms with E-state index in [0.29, 0.717) is 12.2 Å². The van der Waals surface area contributed by atoms with E-state index in [1.165, 1.54) is 12.1 Å². The highest BCUT2D eigenvalue weighted by Crippen LogP contribution is 2.27. The van der Waals surface area contributed by atoms with Crippen LogP contribution in [0.4, 0.5) is 5.69 Å². The number of aromatic nitrogens is 2. The average Bonchev–Trinajstić information content (AvgIpc) is 3.20. The second-order valence-corrected chi connectivity index (χ2v) is 6.39. The number of hydrogen-bond acceptors (Lipinski definition) is 6. The van der Waals surface area contributed by atoms with Gasteiger partial charge in [0.15, 0.2) is 0 Å². The number of halogens is 1. The van der Waals surface area contributed by atoms with E-state index in [4.69, 9.17) is 20.8 Å². The molecule has 0 atom stereocenters. The quantitative estimate of drug-likeness (QED) is 0.279. The molecule has 1 aromatic heterocycles. The van der Waals surface area contributed by atoms with Crippen LogP contribution in [-0.4, -0.2) is 21.7 Å². The van der Waals surface area contributed by atoms with Gasteiger partial charge < -0.3 is 9.15 Å². The molecule has 8 heteroatoms. The Labute approximate surface area is 166 Å². The van der Waals surface area contributed by atoms with E-state index in [1.54, 1.807) is 18.2 Å². The van der Waals surface area contributed by atoms with Crippen molar-refractivity contribution in [3.8, 4) is 17.2 Å². The maximum atomic E-state index is 10.9. The van der Waals surface area contributed by atoms with Crippen LogP contribution in [0, 0.1) is 10.1 Å². The third-order valence-electron chi connectivity index (χ3n) is 3.87. The highest BCUT2D eigenvalue weighted by atomic mass is 35.5. The van der Waals surface area contributed by atoms with E-state index in [-0.39, 0.29) is 22.5 Å². The first-order valence-electron chi connectivity index (χ1n) is 8.75. The lowest BCUT2D eigenvalue weighted by Crippen LogP contribution is -1.95. The molecule has 0 aliphatic rings. The van der Waals surface area contributed by atoms with Crippen LogP contribution in [0.5, 0.6) is 5.75 Å². The third-order valence-corrected chi connectivity index (χ3v) is 4.14. The molecule has 3 aromatic rings. The van der Waals surface area contributed by atoms with Gasteiger partial charge in [0, 0.05) is 17.7 Å². The summed E-state index contributed by atoms with van der Waals surface area (Å²) in [6.07, 6.45) is 3.79. The molecule has 0 radical (unpaired) electrons. The van der Waals surface area contributed by atoms with Crippen LogP contribution in [0.1, 0.15) is 31.2 Å². The van der Waals surface area contributed by atoms with Crippen molar-refractivity contribution in [1.82, 2.24) is 10.2 Å². The number of hydrogen-bond donors (Lipinski definition) is 0. The Morgan fingerprint density at radius 1 is 1.25 bits per heavy atom. The lowest BCUT2D eigenvalue weighted by atomic mass is 10.2. The Bertz CT molecular complexity index is 983. The number of benzene rings is 2. The molecule has 2 aromatic carbocycles. The molecule has 0 aliphatic carbocycles. The van der Waals surface area contributed by atoms with Crippen molar-refractivity contribution in [3.63, 3.8) is 0 Å². The summed E-state index contributed by atoms with van der Waals surface area (Å²) >= 11 is 6.29. The normalized spacial score (nSPS) is 11.4. The first-order valence-corrected chi connectivity index (χ1v) is 9.13. The van der Waals surface area contributed by atoms with Crippen molar-refractivity contribution in [2.24, 2.45) is 0 Å². The maximum Gasteiger partial charge on any atom is 0.270 e. The molecule has 0 saturated carbocycles. The van der Waals surface area contributed by atoms with E-state index >= 15 is 0 Å². The van der Waals surface area contributed by atoms with Gasteiger partial charge in [0.2, 0.25) is 5.89 Å². The van der Waals surface area contributed by atoms with Gasteiger partial charge in [0.05, 0.1) is 11.5 Å². The second-order valence-electron chi connectivity index (χ2n) is 5.98. The van der Waals surface area contributed by atoms with Gasteiger partial charge in [0.25, 0.3) is 11.6 Å². The van der Waals surface area contributed by atoms with Crippen molar-refractivity contribution in [2.45, 2.75) is 19.8 Å². The first kappa shape index (κ1) is 19.6. The topological polar surface area (TPSA) is 91.3 Å². The van der Waals surface area contributed by atoms with Gasteiger partial charge in [-0.2, -0.15) is 0 Å². The lowest BCUT2D eigenvalue weighted by molar-refractivity contribution is -0.384. The molecule has 144 valence electrons. The van der Waals surface area contributed by atoms with Crippen LogP contribution >= 0.6 is 11.6 Å². The van der Waals surface area contributed by atoms with E-state index in [9.17, 15) is 10.1 Å². The lowest BCUT2D eigenvalue weighted by Gasteiger charge is -2.05. The summed E-state index contributed by atoms with van der Waals surface area (Å²) in [7, 11) is 0. The summed E-state index contributed by atoms with van der Waals surface area (Å²) in [5.41, 5.74) is 1.24. The van der Waals surface area contributed by atoms with Crippen molar-refractivity contribution >= 4 is 28.4 Å². The summed E-state index contributed by atoms with van der Waals surface area (Å²) < 4.78 is 11.2. The van der Waals surface area contributed by atoms with Crippen LogP contribution in [0.2, 0.25) is 0 Å². The smallest absolute Gasteiger partial charge is 0.270 e. The van der Waals surface area contributed by atoms with Crippen molar-refractivity contribution in [2.75, 3.05) is 6.61 Å². The Morgan fingerprint density at radius 3 is 2.75 bits per heavy atom. The molecule has 0 N–H and O–H groups in total. The molecule has 0 saturated heterocycles. The van der Waals surface area contributed by atoms with Crippen LogP contribution < -0.4 is 4.74 Å². The fraction of sp³-hybridized carbons (Fsp3) is 0.200. The zero-order valence-corrected chi connectivity index (χ0v) is 15.9. The minimum atomic E-state index is -0.483. The van der Waals surface area contributed by atoms with E-state index < -0.39 is 4.92 Å². The summed E-state index contributed by atoms with van der Waals surface area (Å²) in [4.78, 5) is 10.4. The van der Waals surface area contributed by atoms with Crippen molar-refractivity contribution < 1.29 is 14.1 Å². The largest absolute Gasteiger partial charge is 0.494 e. The molecule has 0 unspecified atom stereocenters. The molecule has 0 aliphatic heterocycles. The van der Waals surface area contributed by atoms with Crippen LogP contribution in [0.25, 0.3) is 22.6 Å². The minimum absolute atomic E-state index is 0.0554. The number of nitro groups is 1. The van der Waals surface area contributed by atoms with Gasteiger partial charge >= 0.3 is 0 Å². The van der Waals surface area contributed by atoms with E-state index in [2.05, 4.69) is 17.1 Å². The SMILES string of the molecule is CCCCOc1ccc(/C=C(\Cl)c2nnc(-c3cccc([N+](=O)[O-])c3)o2)cc1. The first-order chi connectivity index (χ1) is 13.6. The number of ether oxygens (including phenoxy) is 1. The average molecular weight is 400 g/mol. The van der Waals surface area contributed by atoms with Crippen LogP contribution in [0.15, 0.2) is 52.9 Å². The zero-order chi connectivity index (χ0) is 19.9. The second kappa shape index (κ2) is 9.14. The molecule has 0 bridgehead atoms. The predicted molar refractivity (Wildman–Crippen MR) is 107 cm³/mol. The standard InChI is InChI=1S/C20H18ClN3O4/c1-2-3-11-27-17-9-7-14(8-10-17)12-18(21)20-23-22-19(28-20)15-5-4-6-16(13-15)24(25)26/h4-10,12-13H,2-3,11H2,1H3/b18-12-. The Balaban J connectivity index is 1.74. The van der Waals surface area contributed by atoms with E-state index in [0.717, 1.165) is 24.2 Å². The predicted octanol–water partition coefficient (Wildman–Crippen LogP) is 5.56. The highest BCUT2D eigenvalue weighted by Gasteiger charge is 2.14. The third kappa shape index (κ3) is 4.95. The highest BCUT2D eigenvalue weighted by molar-refractivity contribution is 6.50. The summed E-state index contributed by atoms with van der Waals surface area (Å²) in [5, 5.41) is 19.0. The Morgan fingerprint density at radius 2 is 2.04 bits per heavy atom. The monoisotopic (exact) mass is 399 g/mol. The molecule has 28 heavy (non-hydrogen) atoms. The summed E-state index contributed by atoms with van der Waals surface area (Å²) in [5.74, 6) is 1.09. The molecule has 0 spiro atoms. The van der Waals surface area contributed by atoms with Gasteiger partial charge in [-0.1, -0.05) is 43.1 Å². The molecule has 0 amide bonds. The van der Waals surface area contributed by atoms with Crippen LogP contribution in [-0.2, 0) is 0 Å². The summed E-state index contributed by atoms with van der Waals surface area (Å²) in [6.45, 7) is 2.80. The van der Waals surface area contributed by atoms with Crippen molar-refractivity contribution in [1.29, 1.82) is 0 Å². The molecule has 1 heterocycles. The van der Waals surface area contributed by atoms with Gasteiger partial charge in [0.1, 0.15) is 10.8 Å². The molecular formula is C20H18ClN3O4. The van der Waals surface area contributed by atoms with Gasteiger partial charge in [-0.25, -0.2) is 0 Å². The maximum absolute atomic E-state index is 10.9. The van der Waals surface area contributed by atoms with Crippen LogP contribution in [0.3, 0.4) is 0 Å². The Hall–Kier alpha value is -3.19. The number of non-ortho nitro benzene ring substituents is 1. The molecule has 0 fully saturated rings. The summed E-state index contributed by atoms with van der Waals surface area (Å²) in [6, 6.07) is 13.5. The number of nitrogens with zero attached hydrogens (tertiary/aromatic N) is 3.